The van der Waals surface area contributed by atoms with Crippen LogP contribution in [-0.2, 0) is 5.33 Å². The maximum Gasteiger partial charge on any atom is 0.387 e. The fraction of sp³-hybridized carbons (Fsp3) is 0.400. The van der Waals surface area contributed by atoms with Crippen LogP contribution in [0.5, 0.6) is 11.5 Å². The summed E-state index contributed by atoms with van der Waals surface area (Å²) in [5.41, 5.74) is 1.38. The summed E-state index contributed by atoms with van der Waals surface area (Å²) in [7, 11) is 0. The molecular weight excluding hydrogens is 360 g/mol. The summed E-state index contributed by atoms with van der Waals surface area (Å²) in [6, 6.07) is 4.61. The first-order chi connectivity index (χ1) is 10.5. The number of aromatic nitrogens is 1. The van der Waals surface area contributed by atoms with E-state index in [2.05, 4.69) is 25.7 Å². The quantitative estimate of drug-likeness (QED) is 0.647. The minimum atomic E-state index is -2.91. The Bertz CT molecular complexity index is 617. The van der Waals surface area contributed by atoms with E-state index in [1.165, 1.54) is 12.3 Å². The number of hydrogen-bond donors (Lipinski definition) is 0. The van der Waals surface area contributed by atoms with Crippen molar-refractivity contribution in [3.63, 3.8) is 0 Å². The lowest BCUT2D eigenvalue weighted by molar-refractivity contribution is -0.0515. The highest BCUT2D eigenvalue weighted by molar-refractivity contribution is 9.08. The highest BCUT2D eigenvalue weighted by Crippen LogP contribution is 2.34. The maximum atomic E-state index is 12.5. The van der Waals surface area contributed by atoms with E-state index in [1.807, 2.05) is 13.8 Å². The largest absolute Gasteiger partial charge is 0.489 e. The van der Waals surface area contributed by atoms with Gasteiger partial charge < -0.3 is 13.9 Å². The SMILES string of the molecule is CC(C)COc1cc(-c2nc(CBr)co2)ccc1OC(F)F. The molecule has 0 radical (unpaired) electrons. The highest BCUT2D eigenvalue weighted by atomic mass is 79.9. The molecule has 1 aromatic heterocycles. The summed E-state index contributed by atoms with van der Waals surface area (Å²) >= 11 is 3.29. The van der Waals surface area contributed by atoms with E-state index in [9.17, 15) is 8.78 Å². The van der Waals surface area contributed by atoms with Crippen LogP contribution in [0.1, 0.15) is 19.5 Å². The molecule has 0 saturated heterocycles. The van der Waals surface area contributed by atoms with Crippen LogP contribution >= 0.6 is 15.9 Å². The summed E-state index contributed by atoms with van der Waals surface area (Å²) in [5, 5.41) is 0.569. The topological polar surface area (TPSA) is 44.5 Å². The van der Waals surface area contributed by atoms with E-state index >= 15 is 0 Å². The zero-order valence-corrected chi connectivity index (χ0v) is 13.8. The zero-order valence-electron chi connectivity index (χ0n) is 12.2. The monoisotopic (exact) mass is 375 g/mol. The second-order valence-corrected chi connectivity index (χ2v) is 5.58. The van der Waals surface area contributed by atoms with E-state index in [4.69, 9.17) is 9.15 Å². The van der Waals surface area contributed by atoms with Crippen LogP contribution < -0.4 is 9.47 Å². The first-order valence-corrected chi connectivity index (χ1v) is 7.84. The maximum absolute atomic E-state index is 12.5. The number of oxazole rings is 1. The molecule has 120 valence electrons. The first-order valence-electron chi connectivity index (χ1n) is 6.72. The van der Waals surface area contributed by atoms with Gasteiger partial charge in [-0.3, -0.25) is 0 Å². The molecule has 0 spiro atoms. The van der Waals surface area contributed by atoms with Gasteiger partial charge in [0.15, 0.2) is 11.5 Å². The standard InChI is InChI=1S/C15H16BrF2NO3/c1-9(2)7-20-13-5-10(3-4-12(13)22-15(17)18)14-19-11(6-16)8-21-14/h3-5,8-9,15H,6-7H2,1-2H3. The van der Waals surface area contributed by atoms with Gasteiger partial charge in [0.25, 0.3) is 0 Å². The second kappa shape index (κ2) is 7.58. The molecule has 0 unspecified atom stereocenters. The molecule has 0 N–H and O–H groups in total. The van der Waals surface area contributed by atoms with Gasteiger partial charge >= 0.3 is 6.61 Å². The number of halogens is 3. The number of alkyl halides is 3. The van der Waals surface area contributed by atoms with E-state index in [-0.39, 0.29) is 17.4 Å². The number of nitrogens with zero attached hydrogens (tertiary/aromatic N) is 1. The van der Waals surface area contributed by atoms with Crippen molar-refractivity contribution < 1.29 is 22.7 Å². The Morgan fingerprint density at radius 1 is 1.27 bits per heavy atom. The summed E-state index contributed by atoms with van der Waals surface area (Å²) in [6.07, 6.45) is 1.53. The normalized spacial score (nSPS) is 11.2. The number of ether oxygens (including phenoxy) is 2. The summed E-state index contributed by atoms with van der Waals surface area (Å²) in [5.74, 6) is 0.883. The van der Waals surface area contributed by atoms with Gasteiger partial charge in [0.1, 0.15) is 6.26 Å². The van der Waals surface area contributed by atoms with Crippen molar-refractivity contribution in [3.8, 4) is 23.0 Å². The first kappa shape index (κ1) is 16.7. The van der Waals surface area contributed by atoms with Crippen LogP contribution in [0.25, 0.3) is 11.5 Å². The lowest BCUT2D eigenvalue weighted by Gasteiger charge is -2.14. The minimum absolute atomic E-state index is 0.00771. The van der Waals surface area contributed by atoms with Crippen molar-refractivity contribution in [2.24, 2.45) is 5.92 Å². The molecule has 4 nitrogen and oxygen atoms in total. The fourth-order valence-corrected chi connectivity index (χ4v) is 1.96. The summed E-state index contributed by atoms with van der Waals surface area (Å²) in [6.45, 7) is 1.41. The molecule has 0 aliphatic rings. The number of rotatable bonds is 7. The fourth-order valence-electron chi connectivity index (χ4n) is 1.70. The third-order valence-corrected chi connectivity index (χ3v) is 3.24. The van der Waals surface area contributed by atoms with Crippen LogP contribution in [-0.4, -0.2) is 18.2 Å². The Hall–Kier alpha value is -1.63. The van der Waals surface area contributed by atoms with E-state index in [0.29, 0.717) is 23.4 Å². The predicted molar refractivity (Wildman–Crippen MR) is 81.5 cm³/mol. The second-order valence-electron chi connectivity index (χ2n) is 5.02. The molecular formula is C15H16BrF2NO3. The van der Waals surface area contributed by atoms with E-state index in [0.717, 1.165) is 5.69 Å². The molecule has 0 atom stereocenters. The Labute approximate surface area is 135 Å². The molecule has 0 bridgehead atoms. The summed E-state index contributed by atoms with van der Waals surface area (Å²) in [4.78, 5) is 4.27. The van der Waals surface area contributed by atoms with Gasteiger partial charge in [-0.15, -0.1) is 0 Å². The average Bonchev–Trinajstić information content (AvgIpc) is 2.94. The van der Waals surface area contributed by atoms with E-state index < -0.39 is 6.61 Å². The van der Waals surface area contributed by atoms with Crippen LogP contribution in [0.3, 0.4) is 0 Å². The van der Waals surface area contributed by atoms with Gasteiger partial charge in [0.2, 0.25) is 5.89 Å². The third kappa shape index (κ3) is 4.43. The van der Waals surface area contributed by atoms with Gasteiger partial charge in [-0.2, -0.15) is 8.78 Å². The molecule has 1 aromatic carbocycles. The minimum Gasteiger partial charge on any atom is -0.489 e. The molecule has 7 heteroatoms. The smallest absolute Gasteiger partial charge is 0.387 e. The Morgan fingerprint density at radius 2 is 2.05 bits per heavy atom. The van der Waals surface area contributed by atoms with Gasteiger partial charge in [-0.1, -0.05) is 29.8 Å². The third-order valence-electron chi connectivity index (χ3n) is 2.67. The zero-order chi connectivity index (χ0) is 16.1. The van der Waals surface area contributed by atoms with Gasteiger partial charge in [0.05, 0.1) is 12.3 Å². The van der Waals surface area contributed by atoms with Crippen molar-refractivity contribution in [1.82, 2.24) is 4.98 Å². The Balaban J connectivity index is 2.30. The molecule has 0 aliphatic heterocycles. The van der Waals surface area contributed by atoms with Crippen LogP contribution in [0.2, 0.25) is 0 Å². The number of hydrogen-bond acceptors (Lipinski definition) is 4. The van der Waals surface area contributed by atoms with Gasteiger partial charge in [0, 0.05) is 10.9 Å². The van der Waals surface area contributed by atoms with Crippen LogP contribution in [0, 0.1) is 5.92 Å². The van der Waals surface area contributed by atoms with Gasteiger partial charge in [-0.25, -0.2) is 4.98 Å². The number of benzene rings is 1. The molecule has 1 heterocycles. The van der Waals surface area contributed by atoms with Crippen molar-refractivity contribution in [2.75, 3.05) is 6.61 Å². The lowest BCUT2D eigenvalue weighted by Crippen LogP contribution is -2.08. The van der Waals surface area contributed by atoms with Crippen molar-refractivity contribution in [2.45, 2.75) is 25.8 Å². The van der Waals surface area contributed by atoms with Crippen LogP contribution in [0.15, 0.2) is 28.9 Å². The molecule has 2 aromatic rings. The molecule has 2 rings (SSSR count). The van der Waals surface area contributed by atoms with Crippen molar-refractivity contribution in [1.29, 1.82) is 0 Å². The van der Waals surface area contributed by atoms with Crippen LogP contribution in [0.4, 0.5) is 8.78 Å². The van der Waals surface area contributed by atoms with E-state index in [1.54, 1.807) is 12.1 Å². The van der Waals surface area contributed by atoms with Crippen molar-refractivity contribution >= 4 is 15.9 Å². The average molecular weight is 376 g/mol. The predicted octanol–water partition coefficient (Wildman–Crippen LogP) is 4.87. The molecule has 0 amide bonds. The molecule has 0 saturated carbocycles. The molecule has 0 fully saturated rings. The van der Waals surface area contributed by atoms with Crippen molar-refractivity contribution in [3.05, 3.63) is 30.2 Å². The molecule has 22 heavy (non-hydrogen) atoms. The van der Waals surface area contributed by atoms with Gasteiger partial charge in [-0.05, 0) is 24.1 Å². The molecule has 0 aliphatic carbocycles. The lowest BCUT2D eigenvalue weighted by atomic mass is 10.2. The summed E-state index contributed by atoms with van der Waals surface area (Å²) < 4.78 is 40.3. The Kier molecular flexibility index (Phi) is 5.76. The highest BCUT2D eigenvalue weighted by Gasteiger charge is 2.15. The Morgan fingerprint density at radius 3 is 2.64 bits per heavy atom.